The van der Waals surface area contributed by atoms with Crippen molar-refractivity contribution in [2.45, 2.75) is 26.2 Å². The average molecular weight is 242 g/mol. The number of nitrogens with zero attached hydrogens (tertiary/aromatic N) is 2. The molecule has 0 unspecified atom stereocenters. The van der Waals surface area contributed by atoms with Crippen molar-refractivity contribution in [3.63, 3.8) is 0 Å². The van der Waals surface area contributed by atoms with Gasteiger partial charge in [0.05, 0.1) is 12.3 Å². The highest BCUT2D eigenvalue weighted by molar-refractivity contribution is 6.69. The Morgan fingerprint density at radius 2 is 1.75 bits per heavy atom. The molecule has 1 aromatic heterocycles. The molecule has 1 heterocycles. The third kappa shape index (κ3) is 2.93. The van der Waals surface area contributed by atoms with Crippen LogP contribution in [0, 0.1) is 0 Å². The van der Waals surface area contributed by atoms with Crippen LogP contribution in [-0.2, 0) is 25.1 Å². The smallest absolute Gasteiger partial charge is 0.330 e. The normalized spacial score (nSPS) is 11.8. The summed E-state index contributed by atoms with van der Waals surface area (Å²) in [6.45, 7) is 6.50. The lowest BCUT2D eigenvalue weighted by Gasteiger charge is -2.18. The van der Waals surface area contributed by atoms with Gasteiger partial charge in [-0.25, -0.2) is 4.79 Å². The Morgan fingerprint density at radius 3 is 2.25 bits per heavy atom. The first-order valence-corrected chi connectivity index (χ1v) is 8.53. The molecular formula is C10H18N2O3Si. The molecule has 0 N–H and O–H groups in total. The van der Waals surface area contributed by atoms with Gasteiger partial charge >= 0.3 is 5.69 Å². The summed E-state index contributed by atoms with van der Waals surface area (Å²) in [6.07, 6.45) is 0. The minimum absolute atomic E-state index is 0.294. The number of rotatable bonds is 3. The molecule has 0 amide bonds. The van der Waals surface area contributed by atoms with Gasteiger partial charge < -0.3 is 4.43 Å². The second-order valence-corrected chi connectivity index (χ2v) is 9.29. The quantitative estimate of drug-likeness (QED) is 0.723. The predicted octanol–water partition coefficient (Wildman–Crippen LogP) is 0.435. The van der Waals surface area contributed by atoms with Gasteiger partial charge in [0.25, 0.3) is 5.56 Å². The fraction of sp³-hybridized carbons (Fsp3) is 0.600. The predicted molar refractivity (Wildman–Crippen MR) is 65.1 cm³/mol. The Kier molecular flexibility index (Phi) is 3.54. The monoisotopic (exact) mass is 242 g/mol. The fourth-order valence-electron chi connectivity index (χ4n) is 1.21. The molecule has 5 nitrogen and oxygen atoms in total. The minimum Gasteiger partial charge on any atom is -0.412 e. The molecule has 1 aromatic rings. The highest BCUT2D eigenvalue weighted by Gasteiger charge is 2.15. The van der Waals surface area contributed by atoms with Crippen LogP contribution in [0.2, 0.25) is 19.6 Å². The van der Waals surface area contributed by atoms with Crippen LogP contribution in [0.5, 0.6) is 0 Å². The van der Waals surface area contributed by atoms with E-state index in [9.17, 15) is 9.59 Å². The summed E-state index contributed by atoms with van der Waals surface area (Å²) < 4.78 is 8.20. The zero-order valence-electron chi connectivity index (χ0n) is 10.4. The van der Waals surface area contributed by atoms with E-state index in [1.165, 1.54) is 17.7 Å². The molecule has 0 radical (unpaired) electrons. The molecular weight excluding hydrogens is 224 g/mol. The van der Waals surface area contributed by atoms with Crippen LogP contribution < -0.4 is 11.2 Å². The molecule has 0 aliphatic heterocycles. The molecule has 0 bridgehead atoms. The van der Waals surface area contributed by atoms with Crippen LogP contribution in [-0.4, -0.2) is 17.5 Å². The van der Waals surface area contributed by atoms with E-state index in [0.29, 0.717) is 12.3 Å². The molecule has 16 heavy (non-hydrogen) atoms. The maximum atomic E-state index is 11.6. The van der Waals surface area contributed by atoms with E-state index >= 15 is 0 Å². The van der Waals surface area contributed by atoms with E-state index in [1.807, 2.05) is 0 Å². The molecule has 0 saturated carbocycles. The lowest BCUT2D eigenvalue weighted by atomic mass is 10.4. The number of aromatic nitrogens is 2. The van der Waals surface area contributed by atoms with Gasteiger partial charge in [-0.05, 0) is 19.6 Å². The summed E-state index contributed by atoms with van der Waals surface area (Å²) in [7, 11) is 1.47. The van der Waals surface area contributed by atoms with Crippen molar-refractivity contribution in [3.8, 4) is 0 Å². The molecule has 0 aromatic carbocycles. The SMILES string of the molecule is Cn1c(CO[Si](C)(C)C)cc(=O)n(C)c1=O. The van der Waals surface area contributed by atoms with Gasteiger partial charge in [0, 0.05) is 20.2 Å². The maximum absolute atomic E-state index is 11.6. The zero-order chi connectivity index (χ0) is 12.5. The third-order valence-corrected chi connectivity index (χ3v) is 3.29. The van der Waals surface area contributed by atoms with Gasteiger partial charge in [0.15, 0.2) is 8.32 Å². The van der Waals surface area contributed by atoms with Crippen LogP contribution in [0.25, 0.3) is 0 Å². The summed E-state index contributed by atoms with van der Waals surface area (Å²) in [6, 6.07) is 1.45. The standard InChI is InChI=1S/C10H18N2O3Si/c1-11-8(7-15-16(3,4)5)6-9(13)12(2)10(11)14/h6H,7H2,1-5H3. The molecule has 0 atom stereocenters. The van der Waals surface area contributed by atoms with Crippen molar-refractivity contribution in [2.24, 2.45) is 14.1 Å². The van der Waals surface area contributed by atoms with E-state index in [0.717, 1.165) is 4.57 Å². The second-order valence-electron chi connectivity index (χ2n) is 4.78. The van der Waals surface area contributed by atoms with Crippen molar-refractivity contribution in [2.75, 3.05) is 0 Å². The largest absolute Gasteiger partial charge is 0.412 e. The van der Waals surface area contributed by atoms with Crippen molar-refractivity contribution in [3.05, 3.63) is 32.6 Å². The molecule has 6 heteroatoms. The molecule has 0 aliphatic rings. The van der Waals surface area contributed by atoms with Gasteiger partial charge in [-0.1, -0.05) is 0 Å². The maximum Gasteiger partial charge on any atom is 0.330 e. The average Bonchev–Trinajstić information content (AvgIpc) is 2.17. The Bertz CT molecular complexity index is 496. The van der Waals surface area contributed by atoms with E-state index in [-0.39, 0.29) is 11.2 Å². The third-order valence-electron chi connectivity index (χ3n) is 2.28. The molecule has 0 spiro atoms. The van der Waals surface area contributed by atoms with Crippen molar-refractivity contribution in [1.82, 2.24) is 9.13 Å². The topological polar surface area (TPSA) is 53.2 Å². The summed E-state index contributed by atoms with van der Waals surface area (Å²) in [4.78, 5) is 23.1. The van der Waals surface area contributed by atoms with Gasteiger partial charge in [-0.15, -0.1) is 0 Å². The molecule has 0 aliphatic carbocycles. The van der Waals surface area contributed by atoms with E-state index in [2.05, 4.69) is 19.6 Å². The van der Waals surface area contributed by atoms with E-state index < -0.39 is 8.32 Å². The Labute approximate surface area is 95.4 Å². The highest BCUT2D eigenvalue weighted by atomic mass is 28.4. The first kappa shape index (κ1) is 12.9. The van der Waals surface area contributed by atoms with Crippen molar-refractivity contribution in [1.29, 1.82) is 0 Å². The second kappa shape index (κ2) is 4.38. The summed E-state index contributed by atoms with van der Waals surface area (Å²) in [5.41, 5.74) is 0.00877. The van der Waals surface area contributed by atoms with E-state index in [1.54, 1.807) is 7.05 Å². The van der Waals surface area contributed by atoms with Crippen molar-refractivity contribution >= 4 is 8.32 Å². The molecule has 0 fully saturated rings. The molecule has 1 rings (SSSR count). The van der Waals surface area contributed by atoms with Crippen LogP contribution in [0.1, 0.15) is 5.69 Å². The van der Waals surface area contributed by atoms with Crippen LogP contribution in [0.4, 0.5) is 0 Å². The van der Waals surface area contributed by atoms with Crippen LogP contribution >= 0.6 is 0 Å². The summed E-state index contributed by atoms with van der Waals surface area (Å²) >= 11 is 0. The van der Waals surface area contributed by atoms with Crippen LogP contribution in [0.3, 0.4) is 0 Å². The lowest BCUT2D eigenvalue weighted by molar-refractivity contribution is 0.287. The summed E-state index contributed by atoms with van der Waals surface area (Å²) in [5, 5.41) is 0. The highest BCUT2D eigenvalue weighted by Crippen LogP contribution is 2.06. The molecule has 0 saturated heterocycles. The fourth-order valence-corrected chi connectivity index (χ4v) is 1.79. The van der Waals surface area contributed by atoms with Crippen LogP contribution in [0.15, 0.2) is 15.7 Å². The van der Waals surface area contributed by atoms with Gasteiger partial charge in [0.1, 0.15) is 0 Å². The van der Waals surface area contributed by atoms with Crippen molar-refractivity contribution < 1.29 is 4.43 Å². The van der Waals surface area contributed by atoms with Gasteiger partial charge in [-0.2, -0.15) is 0 Å². The number of hydrogen-bond acceptors (Lipinski definition) is 3. The zero-order valence-corrected chi connectivity index (χ0v) is 11.4. The van der Waals surface area contributed by atoms with Gasteiger partial charge in [0.2, 0.25) is 0 Å². The first-order valence-electron chi connectivity index (χ1n) is 5.12. The van der Waals surface area contributed by atoms with Gasteiger partial charge in [-0.3, -0.25) is 13.9 Å². The Balaban J connectivity index is 3.08. The minimum atomic E-state index is -1.64. The first-order chi connectivity index (χ1) is 7.22. The molecule has 90 valence electrons. The summed E-state index contributed by atoms with van der Waals surface area (Å²) in [5.74, 6) is 0. The number of hydrogen-bond donors (Lipinski definition) is 0. The Morgan fingerprint density at radius 1 is 1.19 bits per heavy atom. The van der Waals surface area contributed by atoms with E-state index in [4.69, 9.17) is 4.43 Å². The Hall–Kier alpha value is -1.14. The lowest BCUT2D eigenvalue weighted by Crippen LogP contribution is -2.38.